The number of fused-ring (bicyclic) bond motifs is 1. The van der Waals surface area contributed by atoms with E-state index in [1.54, 1.807) is 18.5 Å². The normalized spacial score (nSPS) is 10.9. The van der Waals surface area contributed by atoms with Crippen molar-refractivity contribution in [3.8, 4) is 5.75 Å². The minimum atomic E-state index is -0.372. The van der Waals surface area contributed by atoms with Crippen molar-refractivity contribution in [1.82, 2.24) is 14.5 Å². The van der Waals surface area contributed by atoms with Gasteiger partial charge in [-0.3, -0.25) is 0 Å². The first kappa shape index (κ1) is 12.8. The lowest BCUT2D eigenvalue weighted by Gasteiger charge is -2.03. The summed E-state index contributed by atoms with van der Waals surface area (Å²) in [5.74, 6) is 0.120. The molecule has 0 amide bonds. The van der Waals surface area contributed by atoms with Gasteiger partial charge in [0.15, 0.2) is 0 Å². The molecule has 0 bridgehead atoms. The predicted octanol–water partition coefficient (Wildman–Crippen LogP) is 2.87. The summed E-state index contributed by atoms with van der Waals surface area (Å²) in [5, 5.41) is 0.856. The van der Waals surface area contributed by atoms with Gasteiger partial charge in [0.2, 0.25) is 0 Å². The fourth-order valence-electron chi connectivity index (χ4n) is 2.05. The number of rotatable bonds is 2. The number of thiazole rings is 1. The summed E-state index contributed by atoms with van der Waals surface area (Å²) in [5.41, 5.74) is 2.50. The van der Waals surface area contributed by atoms with Crippen molar-refractivity contribution in [2.75, 3.05) is 0 Å². The van der Waals surface area contributed by atoms with Gasteiger partial charge in [0.1, 0.15) is 10.6 Å². The molecule has 3 rings (SSSR count). The summed E-state index contributed by atoms with van der Waals surface area (Å²) < 4.78 is 7.31. The number of imidazole rings is 1. The highest BCUT2D eigenvalue weighted by Gasteiger charge is 2.16. The minimum Gasteiger partial charge on any atom is -0.422 e. The van der Waals surface area contributed by atoms with Crippen LogP contribution < -0.4 is 4.74 Å². The largest absolute Gasteiger partial charge is 0.422 e. The average Bonchev–Trinajstić information content (AvgIpc) is 2.93. The molecular weight excluding hydrogens is 274 g/mol. The van der Waals surface area contributed by atoms with Gasteiger partial charge in [0, 0.05) is 13.1 Å². The average molecular weight is 287 g/mol. The van der Waals surface area contributed by atoms with Crippen molar-refractivity contribution in [2.24, 2.45) is 7.05 Å². The quantitative estimate of drug-likeness (QED) is 0.537. The van der Waals surface area contributed by atoms with Crippen LogP contribution in [0.2, 0.25) is 0 Å². The second-order valence-corrected chi connectivity index (χ2v) is 5.75. The molecule has 0 saturated carbocycles. The number of hydrogen-bond donors (Lipinski definition) is 0. The molecule has 0 aliphatic carbocycles. The van der Waals surface area contributed by atoms with Gasteiger partial charge in [-0.1, -0.05) is 0 Å². The fourth-order valence-corrected chi connectivity index (χ4v) is 2.85. The van der Waals surface area contributed by atoms with Crippen molar-refractivity contribution >= 4 is 28.3 Å². The zero-order valence-corrected chi connectivity index (χ0v) is 12.2. The Bertz CT molecular complexity index is 804. The Hall–Kier alpha value is -2.21. The molecule has 0 saturated heterocycles. The van der Waals surface area contributed by atoms with E-state index in [1.165, 1.54) is 11.3 Å². The van der Waals surface area contributed by atoms with Crippen LogP contribution in [0.4, 0.5) is 0 Å². The first-order valence-electron chi connectivity index (χ1n) is 6.12. The summed E-state index contributed by atoms with van der Waals surface area (Å²) in [6.07, 6.45) is 1.73. The topological polar surface area (TPSA) is 57.0 Å². The lowest BCUT2D eigenvalue weighted by molar-refractivity contribution is 0.0739. The molecule has 20 heavy (non-hydrogen) atoms. The first-order valence-corrected chi connectivity index (χ1v) is 6.93. The maximum atomic E-state index is 12.1. The molecular formula is C14H13N3O2S. The summed E-state index contributed by atoms with van der Waals surface area (Å²) in [4.78, 5) is 21.1. The number of benzene rings is 1. The standard InChI is InChI=1S/C14H13N3O2S/c1-8-13(20-9(2)16-8)14(18)19-10-4-5-12-11(6-10)15-7-17(12)3/h4-7H,1-3H3. The molecule has 2 aromatic heterocycles. The Morgan fingerprint density at radius 2 is 2.15 bits per heavy atom. The lowest BCUT2D eigenvalue weighted by Crippen LogP contribution is -2.08. The summed E-state index contributed by atoms with van der Waals surface area (Å²) in [7, 11) is 1.92. The molecule has 2 heterocycles. The molecule has 102 valence electrons. The number of ether oxygens (including phenoxy) is 1. The molecule has 0 unspecified atom stereocenters. The predicted molar refractivity (Wildman–Crippen MR) is 77.3 cm³/mol. The zero-order chi connectivity index (χ0) is 14.3. The molecule has 0 fully saturated rings. The monoisotopic (exact) mass is 287 g/mol. The minimum absolute atomic E-state index is 0.372. The van der Waals surface area contributed by atoms with Gasteiger partial charge in [-0.15, -0.1) is 11.3 Å². The third kappa shape index (κ3) is 2.18. The number of aromatic nitrogens is 3. The number of nitrogens with zero attached hydrogens (tertiary/aromatic N) is 3. The third-order valence-corrected chi connectivity index (χ3v) is 4.05. The second kappa shape index (κ2) is 4.72. The first-order chi connectivity index (χ1) is 9.54. The van der Waals surface area contributed by atoms with E-state index in [1.807, 2.05) is 31.5 Å². The number of carbonyl (C=O) groups is 1. The highest BCUT2D eigenvalue weighted by molar-refractivity contribution is 7.13. The van der Waals surface area contributed by atoms with Gasteiger partial charge in [0.25, 0.3) is 0 Å². The summed E-state index contributed by atoms with van der Waals surface area (Å²) >= 11 is 1.34. The van der Waals surface area contributed by atoms with Crippen LogP contribution in [0.1, 0.15) is 20.4 Å². The molecule has 6 heteroatoms. The van der Waals surface area contributed by atoms with E-state index in [9.17, 15) is 4.79 Å². The van der Waals surface area contributed by atoms with Crippen LogP contribution in [-0.4, -0.2) is 20.5 Å². The second-order valence-electron chi connectivity index (χ2n) is 4.54. The van der Waals surface area contributed by atoms with Crippen molar-refractivity contribution in [3.63, 3.8) is 0 Å². The van der Waals surface area contributed by atoms with Crippen LogP contribution in [0.3, 0.4) is 0 Å². The van der Waals surface area contributed by atoms with E-state index >= 15 is 0 Å². The Kier molecular flexibility index (Phi) is 3.02. The van der Waals surface area contributed by atoms with Gasteiger partial charge in [-0.2, -0.15) is 0 Å². The third-order valence-electron chi connectivity index (χ3n) is 3.00. The van der Waals surface area contributed by atoms with Crippen molar-refractivity contribution in [3.05, 3.63) is 40.1 Å². The maximum Gasteiger partial charge on any atom is 0.355 e. The molecule has 0 spiro atoms. The molecule has 3 aromatic rings. The smallest absolute Gasteiger partial charge is 0.355 e. The van der Waals surface area contributed by atoms with E-state index < -0.39 is 0 Å². The van der Waals surface area contributed by atoms with E-state index in [0.29, 0.717) is 16.3 Å². The summed E-state index contributed by atoms with van der Waals surface area (Å²) in [6.45, 7) is 3.68. The fraction of sp³-hybridized carbons (Fsp3) is 0.214. The van der Waals surface area contributed by atoms with Crippen molar-refractivity contribution in [2.45, 2.75) is 13.8 Å². The number of esters is 1. The Morgan fingerprint density at radius 3 is 2.85 bits per heavy atom. The lowest BCUT2D eigenvalue weighted by atomic mass is 10.3. The Labute approximate surface area is 119 Å². The van der Waals surface area contributed by atoms with Crippen LogP contribution in [0.5, 0.6) is 5.75 Å². The van der Waals surface area contributed by atoms with E-state index in [0.717, 1.165) is 16.0 Å². The van der Waals surface area contributed by atoms with Crippen LogP contribution in [0, 0.1) is 13.8 Å². The molecule has 0 N–H and O–H groups in total. The van der Waals surface area contributed by atoms with Gasteiger partial charge in [-0.05, 0) is 26.0 Å². The molecule has 5 nitrogen and oxygen atoms in total. The summed E-state index contributed by atoms with van der Waals surface area (Å²) in [6, 6.07) is 5.41. The Balaban J connectivity index is 1.89. The van der Waals surface area contributed by atoms with Crippen LogP contribution >= 0.6 is 11.3 Å². The Morgan fingerprint density at radius 1 is 1.35 bits per heavy atom. The molecule has 0 atom stereocenters. The maximum absolute atomic E-state index is 12.1. The van der Waals surface area contributed by atoms with Gasteiger partial charge < -0.3 is 9.30 Å². The molecule has 0 aliphatic heterocycles. The van der Waals surface area contributed by atoms with Crippen molar-refractivity contribution in [1.29, 1.82) is 0 Å². The number of hydrogen-bond acceptors (Lipinski definition) is 5. The van der Waals surface area contributed by atoms with E-state index in [-0.39, 0.29) is 5.97 Å². The van der Waals surface area contributed by atoms with E-state index in [4.69, 9.17) is 4.74 Å². The highest BCUT2D eigenvalue weighted by atomic mass is 32.1. The molecule has 1 aromatic carbocycles. The van der Waals surface area contributed by atoms with Crippen LogP contribution in [0.15, 0.2) is 24.5 Å². The van der Waals surface area contributed by atoms with Crippen LogP contribution in [0.25, 0.3) is 11.0 Å². The number of carbonyl (C=O) groups excluding carboxylic acids is 1. The van der Waals surface area contributed by atoms with Gasteiger partial charge in [-0.25, -0.2) is 14.8 Å². The zero-order valence-electron chi connectivity index (χ0n) is 11.4. The number of aryl methyl sites for hydroxylation is 3. The SMILES string of the molecule is Cc1nc(C)c(C(=O)Oc2ccc3c(c2)ncn3C)s1. The van der Waals surface area contributed by atoms with Crippen molar-refractivity contribution < 1.29 is 9.53 Å². The molecule has 0 radical (unpaired) electrons. The highest BCUT2D eigenvalue weighted by Crippen LogP contribution is 2.23. The van der Waals surface area contributed by atoms with Gasteiger partial charge >= 0.3 is 5.97 Å². The van der Waals surface area contributed by atoms with Gasteiger partial charge in [0.05, 0.1) is 28.1 Å². The van der Waals surface area contributed by atoms with E-state index in [2.05, 4.69) is 9.97 Å². The van der Waals surface area contributed by atoms with Crippen LogP contribution in [-0.2, 0) is 7.05 Å². The molecule has 0 aliphatic rings.